The van der Waals surface area contributed by atoms with Gasteiger partial charge in [-0.2, -0.15) is 0 Å². The van der Waals surface area contributed by atoms with Gasteiger partial charge in [0, 0.05) is 36.5 Å². The van der Waals surface area contributed by atoms with Crippen LogP contribution in [0.4, 0.5) is 0 Å². The van der Waals surface area contributed by atoms with Crippen LogP contribution in [0.2, 0.25) is 0 Å². The van der Waals surface area contributed by atoms with Crippen LogP contribution in [-0.2, 0) is 28.4 Å². The van der Waals surface area contributed by atoms with E-state index in [1.165, 1.54) is 0 Å². The predicted octanol–water partition coefficient (Wildman–Crippen LogP) is 6.65. The van der Waals surface area contributed by atoms with Crippen molar-refractivity contribution in [1.82, 2.24) is 0 Å². The van der Waals surface area contributed by atoms with Gasteiger partial charge < -0.3 is 28.4 Å². The monoisotopic (exact) mass is 596 g/mol. The number of hydrogen-bond acceptors (Lipinski definition) is 6. The first-order valence-corrected chi connectivity index (χ1v) is 17.5. The maximum atomic E-state index is 7.15. The Kier molecular flexibility index (Phi) is 5.78. The number of ether oxygens (including phenoxy) is 6. The molecule has 0 aromatic heterocycles. The molecule has 9 aliphatic rings. The summed E-state index contributed by atoms with van der Waals surface area (Å²) in [5.74, 6) is -0.585. The summed E-state index contributed by atoms with van der Waals surface area (Å²) in [6.07, 6.45) is 7.12. The van der Waals surface area contributed by atoms with E-state index >= 15 is 0 Å². The minimum atomic E-state index is -0.632. The van der Waals surface area contributed by atoms with Gasteiger partial charge in [-0.15, -0.1) is 18.5 Å². The molecule has 8 aliphatic heterocycles. The zero-order valence-electron chi connectivity index (χ0n) is 26.6. The van der Waals surface area contributed by atoms with Gasteiger partial charge in [-0.25, -0.2) is 0 Å². The first kappa shape index (κ1) is 29.3. The normalized spacial score (nSPS) is 67.5. The van der Waals surface area contributed by atoms with Crippen molar-refractivity contribution >= 4 is 18.5 Å². The molecule has 8 bridgehead atoms. The van der Waals surface area contributed by atoms with Crippen LogP contribution in [0.1, 0.15) is 108 Å². The van der Waals surface area contributed by atoms with Crippen LogP contribution in [0, 0.1) is 34.5 Å². The van der Waals surface area contributed by atoms with Crippen LogP contribution in [0.25, 0.3) is 0 Å². The summed E-state index contributed by atoms with van der Waals surface area (Å²) in [6.45, 7) is 23.0. The van der Waals surface area contributed by atoms with E-state index in [0.29, 0.717) is 23.7 Å². The molecule has 9 rings (SSSR count). The van der Waals surface area contributed by atoms with Gasteiger partial charge in [-0.3, -0.25) is 0 Å². The van der Waals surface area contributed by atoms with Gasteiger partial charge in [0.1, 0.15) is 0 Å². The Morgan fingerprint density at radius 1 is 0.475 bits per heavy atom. The van der Waals surface area contributed by atoms with E-state index in [0.717, 1.165) is 50.8 Å². The molecule has 0 amide bonds. The third-order valence-corrected chi connectivity index (χ3v) is 14.9. The van der Waals surface area contributed by atoms with Crippen molar-refractivity contribution < 1.29 is 28.4 Å². The molecule has 0 radical (unpaired) electrons. The number of hydrogen-bond donors (Lipinski definition) is 0. The fourth-order valence-corrected chi connectivity index (χ4v) is 15.7. The van der Waals surface area contributed by atoms with Crippen molar-refractivity contribution in [3.05, 3.63) is 0 Å². The second kappa shape index (κ2) is 7.88. The fraction of sp³-hybridized carbons (Fsp3) is 1.00. The molecule has 1 aliphatic carbocycles. The molecule has 40 heavy (non-hydrogen) atoms. The lowest BCUT2D eigenvalue weighted by Crippen LogP contribution is -2.87. The molecule has 8 saturated heterocycles. The Labute approximate surface area is 246 Å². The summed E-state index contributed by atoms with van der Waals surface area (Å²) in [5.41, 5.74) is -1.98. The topological polar surface area (TPSA) is 55.4 Å². The van der Waals surface area contributed by atoms with Gasteiger partial charge in [-0.05, 0) is 104 Å². The molecule has 8 heteroatoms. The van der Waals surface area contributed by atoms with Gasteiger partial charge in [0.05, 0.1) is 22.4 Å². The third-order valence-electron chi connectivity index (χ3n) is 13.7. The highest BCUT2D eigenvalue weighted by atomic mass is 31.0. The SMILES string of the molecule is CC1CC(C2(CP)C3(C)CC4(C)OC(C)(CC2(C)O4)O3)C(C2(CP)C3(C)CC4(C)OC(C)(CC2(C)O4)O3)CC1C. The van der Waals surface area contributed by atoms with Crippen LogP contribution in [0.15, 0.2) is 0 Å². The van der Waals surface area contributed by atoms with E-state index in [4.69, 9.17) is 28.4 Å². The highest BCUT2D eigenvalue weighted by molar-refractivity contribution is 7.16. The third kappa shape index (κ3) is 3.20. The van der Waals surface area contributed by atoms with Crippen LogP contribution >= 0.6 is 18.5 Å². The largest absolute Gasteiger partial charge is 0.343 e. The smallest absolute Gasteiger partial charge is 0.172 e. The second-order valence-electron chi connectivity index (χ2n) is 16.8. The zero-order chi connectivity index (χ0) is 29.2. The van der Waals surface area contributed by atoms with Gasteiger partial charge in [-0.1, -0.05) is 13.8 Å². The molecule has 14 unspecified atom stereocenters. The molecule has 8 heterocycles. The molecule has 0 aromatic carbocycles. The van der Waals surface area contributed by atoms with Crippen molar-refractivity contribution in [1.29, 1.82) is 0 Å². The Bertz CT molecular complexity index is 951. The summed E-state index contributed by atoms with van der Waals surface area (Å²) in [5, 5.41) is 0. The second-order valence-corrected chi connectivity index (χ2v) is 17.6. The molecule has 14 atom stereocenters. The van der Waals surface area contributed by atoms with Crippen LogP contribution < -0.4 is 0 Å². The average Bonchev–Trinajstić information content (AvgIpc) is 2.70. The first-order chi connectivity index (χ1) is 18.2. The summed E-state index contributed by atoms with van der Waals surface area (Å²) in [4.78, 5) is 0. The van der Waals surface area contributed by atoms with Crippen LogP contribution in [0.3, 0.4) is 0 Å². The Morgan fingerprint density at radius 3 is 0.950 bits per heavy atom. The number of rotatable bonds is 4. The molecular weight excluding hydrogens is 542 g/mol. The van der Waals surface area contributed by atoms with E-state index in [-0.39, 0.29) is 33.2 Å². The van der Waals surface area contributed by atoms with E-state index in [1.54, 1.807) is 0 Å². The lowest BCUT2D eigenvalue weighted by atomic mass is 9.38. The minimum Gasteiger partial charge on any atom is -0.343 e. The molecular formula is C32H54O6P2. The molecule has 0 N–H and O–H groups in total. The molecule has 1 saturated carbocycles. The van der Waals surface area contributed by atoms with Crippen LogP contribution in [-0.4, -0.2) is 57.9 Å². The highest BCUT2D eigenvalue weighted by Gasteiger charge is 2.83. The minimum absolute atomic E-state index is 0.217. The van der Waals surface area contributed by atoms with Gasteiger partial charge in [0.15, 0.2) is 23.1 Å². The van der Waals surface area contributed by atoms with E-state index in [2.05, 4.69) is 87.7 Å². The summed E-state index contributed by atoms with van der Waals surface area (Å²) >= 11 is 0. The zero-order valence-corrected chi connectivity index (χ0v) is 28.9. The lowest BCUT2D eigenvalue weighted by Gasteiger charge is -2.80. The van der Waals surface area contributed by atoms with Crippen molar-refractivity contribution in [3.8, 4) is 0 Å². The Morgan fingerprint density at radius 2 is 0.725 bits per heavy atom. The van der Waals surface area contributed by atoms with Gasteiger partial charge in [0.25, 0.3) is 0 Å². The summed E-state index contributed by atoms with van der Waals surface area (Å²) in [6, 6.07) is 0. The van der Waals surface area contributed by atoms with E-state index in [9.17, 15) is 0 Å². The molecule has 9 fully saturated rings. The molecule has 6 nitrogen and oxygen atoms in total. The Balaban J connectivity index is 1.44. The first-order valence-electron chi connectivity index (χ1n) is 15.8. The van der Waals surface area contributed by atoms with Crippen molar-refractivity contribution in [2.45, 2.75) is 153 Å². The van der Waals surface area contributed by atoms with Crippen molar-refractivity contribution in [2.24, 2.45) is 34.5 Å². The summed E-state index contributed by atoms with van der Waals surface area (Å²) < 4.78 is 41.6. The van der Waals surface area contributed by atoms with E-state index < -0.39 is 23.1 Å². The van der Waals surface area contributed by atoms with Crippen molar-refractivity contribution in [2.75, 3.05) is 12.3 Å². The lowest BCUT2D eigenvalue weighted by molar-refractivity contribution is -0.561. The maximum Gasteiger partial charge on any atom is 0.172 e. The molecule has 228 valence electrons. The van der Waals surface area contributed by atoms with E-state index in [1.807, 2.05) is 0 Å². The standard InChI is InChI=1S/C32H54O6P2/c1-19-11-21(31(17-39)23(3)13-27(7)34-24(31,4)14-28(8,33-23)37-27)22(12-20(19)2)32(18-40)25(5)15-29(9)36-26(32,6)16-30(10,35-25)38-29/h19-22H,11-18,39-40H2,1-10H3. The predicted molar refractivity (Wildman–Crippen MR) is 161 cm³/mol. The quantitative estimate of drug-likeness (QED) is 0.339. The summed E-state index contributed by atoms with van der Waals surface area (Å²) in [7, 11) is 6.36. The van der Waals surface area contributed by atoms with Gasteiger partial charge in [0.2, 0.25) is 0 Å². The highest BCUT2D eigenvalue weighted by Crippen LogP contribution is 2.77. The van der Waals surface area contributed by atoms with Crippen LogP contribution in [0.5, 0.6) is 0 Å². The Hall–Kier alpha value is 0.620. The molecule has 0 spiro atoms. The average molecular weight is 597 g/mol. The van der Waals surface area contributed by atoms with Crippen molar-refractivity contribution in [3.63, 3.8) is 0 Å². The van der Waals surface area contributed by atoms with Gasteiger partial charge >= 0.3 is 0 Å². The fourth-order valence-electron chi connectivity index (χ4n) is 13.3. The molecule has 0 aromatic rings. The maximum absolute atomic E-state index is 7.15.